The third-order valence-electron chi connectivity index (χ3n) is 1.85. The van der Waals surface area contributed by atoms with Crippen LogP contribution in [0.4, 0.5) is 0 Å². The first kappa shape index (κ1) is 9.01. The smallest absolute Gasteiger partial charge is 0.0329 e. The highest BCUT2D eigenvalue weighted by Crippen LogP contribution is 2.13. The minimum absolute atomic E-state index is 0.141. The van der Waals surface area contributed by atoms with Gasteiger partial charge >= 0.3 is 0 Å². The summed E-state index contributed by atoms with van der Waals surface area (Å²) in [5.74, 6) is 0. The largest absolute Gasteiger partial charge is 0.324 e. The minimum Gasteiger partial charge on any atom is -0.324 e. The van der Waals surface area contributed by atoms with E-state index in [0.29, 0.717) is 0 Å². The van der Waals surface area contributed by atoms with Gasteiger partial charge in [0.2, 0.25) is 0 Å². The van der Waals surface area contributed by atoms with E-state index in [1.165, 1.54) is 5.56 Å². The molecule has 1 nitrogen and oxygen atoms in total. The summed E-state index contributed by atoms with van der Waals surface area (Å²) in [5, 5.41) is 0. The Bertz CT molecular complexity index is 238. The molecule has 0 fully saturated rings. The predicted molar refractivity (Wildman–Crippen MR) is 52.8 cm³/mol. The number of nitrogens with two attached hydrogens (primary N) is 1. The Hall–Kier alpha value is -1.08. The van der Waals surface area contributed by atoms with Gasteiger partial charge in [0.1, 0.15) is 0 Å². The number of hydrogen-bond donors (Lipinski definition) is 1. The van der Waals surface area contributed by atoms with Crippen molar-refractivity contribution in [2.75, 3.05) is 0 Å². The zero-order valence-corrected chi connectivity index (χ0v) is 7.40. The average Bonchev–Trinajstić information content (AvgIpc) is 2.15. The molecule has 1 atom stereocenters. The molecule has 0 saturated heterocycles. The van der Waals surface area contributed by atoms with Crippen LogP contribution in [-0.4, -0.2) is 0 Å². The van der Waals surface area contributed by atoms with Crippen LogP contribution in [0.1, 0.15) is 24.9 Å². The van der Waals surface area contributed by atoms with Crippen molar-refractivity contribution >= 4 is 0 Å². The van der Waals surface area contributed by atoms with E-state index < -0.39 is 0 Å². The predicted octanol–water partition coefficient (Wildman–Crippen LogP) is 2.65. The molecule has 0 bridgehead atoms. The van der Waals surface area contributed by atoms with Crippen molar-refractivity contribution in [3.05, 3.63) is 48.0 Å². The summed E-state index contributed by atoms with van der Waals surface area (Å²) in [7, 11) is 0. The van der Waals surface area contributed by atoms with Gasteiger partial charge in [0, 0.05) is 6.04 Å². The molecule has 1 rings (SSSR count). The lowest BCUT2D eigenvalue weighted by Gasteiger charge is -2.08. The molecule has 0 saturated carbocycles. The Labute approximate surface area is 73.9 Å². The molecule has 12 heavy (non-hydrogen) atoms. The van der Waals surface area contributed by atoms with Crippen LogP contribution >= 0.6 is 0 Å². The summed E-state index contributed by atoms with van der Waals surface area (Å²) in [4.78, 5) is 0. The van der Waals surface area contributed by atoms with Gasteiger partial charge in [-0.2, -0.15) is 0 Å². The second-order valence-electron chi connectivity index (χ2n) is 2.82. The molecule has 0 heterocycles. The topological polar surface area (TPSA) is 26.0 Å². The molecule has 1 aromatic carbocycles. The van der Waals surface area contributed by atoms with Gasteiger partial charge in [-0.25, -0.2) is 0 Å². The lowest BCUT2D eigenvalue weighted by atomic mass is 10.1. The van der Waals surface area contributed by atoms with Crippen LogP contribution in [0.15, 0.2) is 42.5 Å². The van der Waals surface area contributed by atoms with Gasteiger partial charge < -0.3 is 5.73 Å². The Morgan fingerprint density at radius 3 is 2.58 bits per heavy atom. The number of hydrogen-bond acceptors (Lipinski definition) is 1. The summed E-state index contributed by atoms with van der Waals surface area (Å²) >= 11 is 0. The second kappa shape index (κ2) is 4.73. The van der Waals surface area contributed by atoms with E-state index in [1.807, 2.05) is 31.2 Å². The average molecular weight is 161 g/mol. The molecular weight excluding hydrogens is 146 g/mol. The fourth-order valence-corrected chi connectivity index (χ4v) is 1.12. The molecule has 0 radical (unpaired) electrons. The fourth-order valence-electron chi connectivity index (χ4n) is 1.12. The van der Waals surface area contributed by atoms with Crippen molar-refractivity contribution < 1.29 is 0 Å². The van der Waals surface area contributed by atoms with Gasteiger partial charge in [0.05, 0.1) is 0 Å². The Morgan fingerprint density at radius 2 is 2.00 bits per heavy atom. The maximum absolute atomic E-state index is 5.93. The SMILES string of the molecule is CC=CCC(N)c1ccccc1. The fraction of sp³-hybridized carbons (Fsp3) is 0.273. The van der Waals surface area contributed by atoms with E-state index in [0.717, 1.165) is 6.42 Å². The van der Waals surface area contributed by atoms with Crippen molar-refractivity contribution in [3.63, 3.8) is 0 Å². The minimum atomic E-state index is 0.141. The monoisotopic (exact) mass is 161 g/mol. The molecule has 0 aliphatic carbocycles. The standard InChI is InChI=1S/C11H15N/c1-2-3-9-11(12)10-7-5-4-6-8-10/h2-8,11H,9,12H2,1H3. The van der Waals surface area contributed by atoms with Crippen LogP contribution in [-0.2, 0) is 0 Å². The Morgan fingerprint density at radius 1 is 1.33 bits per heavy atom. The van der Waals surface area contributed by atoms with Gasteiger partial charge in [0.15, 0.2) is 0 Å². The van der Waals surface area contributed by atoms with E-state index >= 15 is 0 Å². The highest BCUT2D eigenvalue weighted by atomic mass is 14.6. The van der Waals surface area contributed by atoms with Crippen molar-refractivity contribution in [3.8, 4) is 0 Å². The number of allylic oxidation sites excluding steroid dienone is 1. The maximum atomic E-state index is 5.93. The molecular formula is C11H15N. The van der Waals surface area contributed by atoms with Crippen molar-refractivity contribution in [2.45, 2.75) is 19.4 Å². The first-order valence-electron chi connectivity index (χ1n) is 4.26. The Kier molecular flexibility index (Phi) is 3.55. The van der Waals surface area contributed by atoms with E-state index in [-0.39, 0.29) is 6.04 Å². The summed E-state index contributed by atoms with van der Waals surface area (Å²) in [5.41, 5.74) is 7.13. The second-order valence-corrected chi connectivity index (χ2v) is 2.82. The van der Waals surface area contributed by atoms with Crippen molar-refractivity contribution in [2.24, 2.45) is 5.73 Å². The van der Waals surface area contributed by atoms with Crippen LogP contribution < -0.4 is 5.73 Å². The lowest BCUT2D eigenvalue weighted by Crippen LogP contribution is -2.08. The zero-order chi connectivity index (χ0) is 8.81. The van der Waals surface area contributed by atoms with Gasteiger partial charge in [0.25, 0.3) is 0 Å². The normalized spacial score (nSPS) is 13.5. The number of benzene rings is 1. The molecule has 2 N–H and O–H groups in total. The third kappa shape index (κ3) is 2.51. The zero-order valence-electron chi connectivity index (χ0n) is 7.40. The molecule has 1 unspecified atom stereocenters. The molecule has 1 aromatic rings. The third-order valence-corrected chi connectivity index (χ3v) is 1.85. The van der Waals surface area contributed by atoms with E-state index in [2.05, 4.69) is 18.2 Å². The quantitative estimate of drug-likeness (QED) is 0.678. The van der Waals surface area contributed by atoms with E-state index in [9.17, 15) is 0 Å². The first-order chi connectivity index (χ1) is 5.84. The van der Waals surface area contributed by atoms with Gasteiger partial charge in [-0.15, -0.1) is 0 Å². The summed E-state index contributed by atoms with van der Waals surface area (Å²) < 4.78 is 0. The molecule has 0 spiro atoms. The highest BCUT2D eigenvalue weighted by Gasteiger charge is 2.00. The van der Waals surface area contributed by atoms with Gasteiger partial charge in [-0.3, -0.25) is 0 Å². The van der Waals surface area contributed by atoms with Crippen molar-refractivity contribution in [1.29, 1.82) is 0 Å². The first-order valence-corrected chi connectivity index (χ1v) is 4.26. The number of rotatable bonds is 3. The molecule has 64 valence electrons. The van der Waals surface area contributed by atoms with E-state index in [4.69, 9.17) is 5.73 Å². The van der Waals surface area contributed by atoms with Crippen LogP contribution in [0.25, 0.3) is 0 Å². The molecule has 0 aliphatic heterocycles. The van der Waals surface area contributed by atoms with Crippen LogP contribution in [0.2, 0.25) is 0 Å². The maximum Gasteiger partial charge on any atom is 0.0329 e. The van der Waals surface area contributed by atoms with Gasteiger partial charge in [-0.05, 0) is 18.9 Å². The van der Waals surface area contributed by atoms with Crippen molar-refractivity contribution in [1.82, 2.24) is 0 Å². The summed E-state index contributed by atoms with van der Waals surface area (Å²) in [6.07, 6.45) is 5.04. The van der Waals surface area contributed by atoms with Crippen LogP contribution in [0.5, 0.6) is 0 Å². The molecule has 0 aliphatic rings. The molecule has 0 aromatic heterocycles. The highest BCUT2D eigenvalue weighted by molar-refractivity contribution is 5.18. The molecule has 1 heteroatoms. The molecule has 0 amide bonds. The summed E-state index contributed by atoms with van der Waals surface area (Å²) in [6.45, 7) is 2.01. The van der Waals surface area contributed by atoms with Crippen LogP contribution in [0, 0.1) is 0 Å². The lowest BCUT2D eigenvalue weighted by molar-refractivity contribution is 0.740. The van der Waals surface area contributed by atoms with E-state index in [1.54, 1.807) is 0 Å². The van der Waals surface area contributed by atoms with Crippen LogP contribution in [0.3, 0.4) is 0 Å². The Balaban J connectivity index is 2.59. The van der Waals surface area contributed by atoms with Gasteiger partial charge in [-0.1, -0.05) is 42.5 Å². The summed E-state index contributed by atoms with van der Waals surface area (Å²) in [6, 6.07) is 10.3.